The molecule has 0 saturated carbocycles. The van der Waals surface area contributed by atoms with Crippen molar-refractivity contribution in [2.45, 2.75) is 51.4 Å². The minimum atomic E-state index is -0.147. The molecule has 2 rings (SSSR count). The van der Waals surface area contributed by atoms with Gasteiger partial charge in [0.2, 0.25) is 11.8 Å². The molecule has 0 radical (unpaired) electrons. The van der Waals surface area contributed by atoms with Gasteiger partial charge in [0, 0.05) is 41.0 Å². The summed E-state index contributed by atoms with van der Waals surface area (Å²) < 4.78 is 0. The van der Waals surface area contributed by atoms with Crippen molar-refractivity contribution in [3.05, 3.63) is 59.7 Å². The predicted octanol–water partition coefficient (Wildman–Crippen LogP) is 4.79. The maximum atomic E-state index is 12.3. The fraction of sp³-hybridized carbons (Fsp3) is 0.429. The van der Waals surface area contributed by atoms with Crippen LogP contribution in [0.25, 0.3) is 0 Å². The van der Waals surface area contributed by atoms with Gasteiger partial charge in [-0.3, -0.25) is 19.2 Å². The lowest BCUT2D eigenvalue weighted by Crippen LogP contribution is -2.24. The molecule has 0 saturated heterocycles. The molecule has 0 aliphatic rings. The van der Waals surface area contributed by atoms with E-state index in [0.717, 1.165) is 38.5 Å². The lowest BCUT2D eigenvalue weighted by Gasteiger charge is -2.14. The summed E-state index contributed by atoms with van der Waals surface area (Å²) in [5.41, 5.74) is 2.03. The highest BCUT2D eigenvalue weighted by Crippen LogP contribution is 2.19. The summed E-state index contributed by atoms with van der Waals surface area (Å²) in [7, 11) is 6.73. The van der Waals surface area contributed by atoms with Gasteiger partial charge in [-0.25, -0.2) is 0 Å². The molecular weight excluding hydrogens is 456 g/mol. The molecule has 0 unspecified atom stereocenters. The maximum Gasteiger partial charge on any atom is 0.255 e. The third-order valence-electron chi connectivity index (χ3n) is 5.73. The first-order valence-corrected chi connectivity index (χ1v) is 12.4. The second-order valence-electron chi connectivity index (χ2n) is 9.21. The number of benzene rings is 2. The number of amides is 4. The zero-order chi connectivity index (χ0) is 26.5. The predicted molar refractivity (Wildman–Crippen MR) is 143 cm³/mol. The highest BCUT2D eigenvalue weighted by atomic mass is 16.2. The number of unbranched alkanes of at least 4 members (excludes halogenated alkanes) is 5. The van der Waals surface area contributed by atoms with Crippen molar-refractivity contribution < 1.29 is 19.2 Å². The number of hydrogen-bond acceptors (Lipinski definition) is 4. The second kappa shape index (κ2) is 14.7. The van der Waals surface area contributed by atoms with Crippen LogP contribution in [0.5, 0.6) is 0 Å². The number of anilines is 2. The Morgan fingerprint density at radius 3 is 1.25 bits per heavy atom. The Bertz CT molecular complexity index is 966. The fourth-order valence-corrected chi connectivity index (χ4v) is 3.74. The van der Waals surface area contributed by atoms with Crippen LogP contribution in [0.4, 0.5) is 11.4 Å². The molecule has 0 aliphatic heterocycles. The van der Waals surface area contributed by atoms with E-state index in [9.17, 15) is 19.2 Å². The van der Waals surface area contributed by atoms with E-state index in [4.69, 9.17) is 0 Å². The van der Waals surface area contributed by atoms with Gasteiger partial charge in [0.1, 0.15) is 0 Å². The summed E-state index contributed by atoms with van der Waals surface area (Å²) in [5, 5.41) is 5.70. The van der Waals surface area contributed by atoms with E-state index in [1.165, 1.54) is 9.80 Å². The highest BCUT2D eigenvalue weighted by Gasteiger charge is 2.15. The molecule has 0 aliphatic carbocycles. The molecule has 194 valence electrons. The van der Waals surface area contributed by atoms with Gasteiger partial charge in [-0.05, 0) is 37.1 Å². The van der Waals surface area contributed by atoms with Crippen LogP contribution in [0.15, 0.2) is 48.5 Å². The minimum absolute atomic E-state index is 0.0984. The Balaban J connectivity index is 1.62. The van der Waals surface area contributed by atoms with E-state index in [-0.39, 0.29) is 23.6 Å². The van der Waals surface area contributed by atoms with Gasteiger partial charge in [0.05, 0.1) is 22.5 Å². The Morgan fingerprint density at radius 2 is 0.889 bits per heavy atom. The van der Waals surface area contributed by atoms with Crippen LogP contribution in [0.2, 0.25) is 0 Å². The van der Waals surface area contributed by atoms with Crippen LogP contribution in [-0.2, 0) is 9.59 Å². The van der Waals surface area contributed by atoms with Gasteiger partial charge in [-0.1, -0.05) is 49.9 Å². The molecule has 2 aromatic rings. The van der Waals surface area contributed by atoms with Gasteiger partial charge in [0.25, 0.3) is 11.8 Å². The molecular formula is C28H38N4O4. The van der Waals surface area contributed by atoms with Crippen molar-refractivity contribution >= 4 is 35.0 Å². The molecule has 0 aromatic heterocycles. The smallest absolute Gasteiger partial charge is 0.255 e. The first-order valence-electron chi connectivity index (χ1n) is 12.4. The number of para-hydroxylation sites is 2. The van der Waals surface area contributed by atoms with Crippen molar-refractivity contribution in [3.63, 3.8) is 0 Å². The number of carbonyl (C=O) groups excluding carboxylic acids is 4. The SMILES string of the molecule is CN(C)C(=O)c1ccccc1NC(=O)CCCCCCCCC(=O)Nc1ccccc1C(=O)N(C)C. The Kier molecular flexibility index (Phi) is 11.6. The van der Waals surface area contributed by atoms with Gasteiger partial charge >= 0.3 is 0 Å². The normalized spacial score (nSPS) is 10.4. The van der Waals surface area contributed by atoms with Crippen LogP contribution < -0.4 is 10.6 Å². The minimum Gasteiger partial charge on any atom is -0.345 e. The maximum absolute atomic E-state index is 12.3. The first kappa shape index (κ1) is 28.6. The quantitative estimate of drug-likeness (QED) is 0.391. The molecule has 0 atom stereocenters. The van der Waals surface area contributed by atoms with Crippen molar-refractivity contribution in [2.75, 3.05) is 38.8 Å². The molecule has 2 aromatic carbocycles. The molecule has 8 heteroatoms. The van der Waals surface area contributed by atoms with E-state index in [1.54, 1.807) is 76.7 Å². The van der Waals surface area contributed by atoms with Crippen LogP contribution in [-0.4, -0.2) is 61.6 Å². The third-order valence-corrected chi connectivity index (χ3v) is 5.73. The average molecular weight is 495 g/mol. The number of rotatable bonds is 13. The van der Waals surface area contributed by atoms with Crippen molar-refractivity contribution in [2.24, 2.45) is 0 Å². The van der Waals surface area contributed by atoms with E-state index >= 15 is 0 Å². The summed E-state index contributed by atoms with van der Waals surface area (Å²) in [6, 6.07) is 14.0. The van der Waals surface area contributed by atoms with Crippen molar-refractivity contribution in [3.8, 4) is 0 Å². The van der Waals surface area contributed by atoms with E-state index in [0.29, 0.717) is 35.3 Å². The Labute approximate surface area is 214 Å². The van der Waals surface area contributed by atoms with E-state index in [1.807, 2.05) is 0 Å². The third kappa shape index (κ3) is 9.17. The summed E-state index contributed by atoms with van der Waals surface area (Å²) in [5.74, 6) is -0.492. The Morgan fingerprint density at radius 1 is 0.556 bits per heavy atom. The summed E-state index contributed by atoms with van der Waals surface area (Å²) in [4.78, 5) is 52.1. The number of carbonyl (C=O) groups is 4. The first-order chi connectivity index (χ1) is 17.2. The standard InChI is InChI=1S/C28H38N4O4/c1-31(2)27(35)21-15-11-13-17-23(21)29-25(33)19-9-7-5-6-8-10-20-26(34)30-24-18-14-12-16-22(24)28(36)32(3)4/h11-18H,5-10,19-20H2,1-4H3,(H,29,33)(H,30,34). The molecule has 0 heterocycles. The van der Waals surface area contributed by atoms with Crippen LogP contribution in [0.3, 0.4) is 0 Å². The molecule has 0 spiro atoms. The van der Waals surface area contributed by atoms with Gasteiger partial charge in [-0.15, -0.1) is 0 Å². The zero-order valence-corrected chi connectivity index (χ0v) is 21.8. The highest BCUT2D eigenvalue weighted by molar-refractivity contribution is 6.04. The lowest BCUT2D eigenvalue weighted by atomic mass is 10.1. The molecule has 36 heavy (non-hydrogen) atoms. The number of nitrogens with one attached hydrogen (secondary N) is 2. The van der Waals surface area contributed by atoms with Gasteiger partial charge in [0.15, 0.2) is 0 Å². The van der Waals surface area contributed by atoms with E-state index < -0.39 is 0 Å². The van der Waals surface area contributed by atoms with Gasteiger partial charge < -0.3 is 20.4 Å². The summed E-state index contributed by atoms with van der Waals surface area (Å²) in [6.45, 7) is 0. The number of nitrogens with zero attached hydrogens (tertiary/aromatic N) is 2. The molecule has 2 N–H and O–H groups in total. The monoisotopic (exact) mass is 494 g/mol. The summed E-state index contributed by atoms with van der Waals surface area (Å²) >= 11 is 0. The van der Waals surface area contributed by atoms with Gasteiger partial charge in [-0.2, -0.15) is 0 Å². The van der Waals surface area contributed by atoms with Crippen LogP contribution in [0, 0.1) is 0 Å². The van der Waals surface area contributed by atoms with Crippen molar-refractivity contribution in [1.82, 2.24) is 9.80 Å². The molecule has 4 amide bonds. The fourth-order valence-electron chi connectivity index (χ4n) is 3.74. The average Bonchev–Trinajstić information content (AvgIpc) is 2.85. The Hall–Kier alpha value is -3.68. The van der Waals surface area contributed by atoms with E-state index in [2.05, 4.69) is 10.6 Å². The zero-order valence-electron chi connectivity index (χ0n) is 21.8. The molecule has 0 fully saturated rings. The molecule has 8 nitrogen and oxygen atoms in total. The van der Waals surface area contributed by atoms with Crippen molar-refractivity contribution in [1.29, 1.82) is 0 Å². The van der Waals surface area contributed by atoms with Crippen LogP contribution >= 0.6 is 0 Å². The lowest BCUT2D eigenvalue weighted by molar-refractivity contribution is -0.117. The molecule has 0 bridgehead atoms. The summed E-state index contributed by atoms with van der Waals surface area (Å²) in [6.07, 6.45) is 6.18. The largest absolute Gasteiger partial charge is 0.345 e. The number of hydrogen-bond donors (Lipinski definition) is 2. The topological polar surface area (TPSA) is 98.8 Å². The van der Waals surface area contributed by atoms with Crippen LogP contribution in [0.1, 0.15) is 72.1 Å². The second-order valence-corrected chi connectivity index (χ2v) is 9.21.